The quantitative estimate of drug-likeness (QED) is 0.382. The number of nitrogens with zero attached hydrogens (tertiary/aromatic N) is 2. The number of halogens is 3. The number of nitrogen functional groups attached to an aromatic ring is 1. The van der Waals surface area contributed by atoms with Crippen LogP contribution in [0, 0.1) is 0 Å². The van der Waals surface area contributed by atoms with Crippen molar-refractivity contribution in [3.63, 3.8) is 0 Å². The van der Waals surface area contributed by atoms with Crippen molar-refractivity contribution < 1.29 is 26.4 Å². The van der Waals surface area contributed by atoms with Gasteiger partial charge in [-0.15, -0.1) is 0 Å². The van der Waals surface area contributed by atoms with Gasteiger partial charge in [0, 0.05) is 0 Å². The lowest BCUT2D eigenvalue weighted by molar-refractivity contribution is -0.687. The van der Waals surface area contributed by atoms with Gasteiger partial charge in [-0.25, -0.2) is 0 Å². The Labute approximate surface area is 191 Å². The zero-order valence-electron chi connectivity index (χ0n) is 15.3. The minimum absolute atomic E-state index is 0. The molecule has 0 spiro atoms. The summed E-state index contributed by atoms with van der Waals surface area (Å²) in [6.07, 6.45) is 0. The number of benzene rings is 3. The van der Waals surface area contributed by atoms with Gasteiger partial charge in [-0.1, -0.05) is 36.4 Å². The van der Waals surface area contributed by atoms with Crippen molar-refractivity contribution in [2.75, 3.05) is 5.73 Å². The Hall–Kier alpha value is -2.22. The Kier molecular flexibility index (Phi) is 7.05. The molecule has 0 fully saturated rings. The Morgan fingerprint density at radius 1 is 0.793 bits per heavy atom. The highest BCUT2D eigenvalue weighted by atomic mass is 79.9. The Balaban J connectivity index is 0.00000240. The highest BCUT2D eigenvalue weighted by Gasteiger charge is 2.22. The molecule has 0 saturated carbocycles. The highest BCUT2D eigenvalue weighted by Crippen LogP contribution is 2.26. The van der Waals surface area contributed by atoms with Crippen LogP contribution in [0.25, 0.3) is 11.0 Å². The minimum Gasteiger partial charge on any atom is -1.00 e. The number of anilines is 1. The molecule has 4 aromatic rings. The number of nitrogens with two attached hydrogens (primary N) is 1. The van der Waals surface area contributed by atoms with E-state index >= 15 is 0 Å². The van der Waals surface area contributed by atoms with Crippen molar-refractivity contribution >= 4 is 48.8 Å². The molecule has 0 aliphatic carbocycles. The van der Waals surface area contributed by atoms with E-state index in [9.17, 15) is 0 Å². The smallest absolute Gasteiger partial charge is 0.361 e. The zero-order valence-corrected chi connectivity index (χ0v) is 19.2. The summed E-state index contributed by atoms with van der Waals surface area (Å²) in [6, 6.07) is 23.5. The summed E-state index contributed by atoms with van der Waals surface area (Å²) in [5.74, 6) is 2.08. The van der Waals surface area contributed by atoms with Crippen molar-refractivity contribution in [3.8, 4) is 11.5 Å². The van der Waals surface area contributed by atoms with Crippen LogP contribution in [0.3, 0.4) is 0 Å². The summed E-state index contributed by atoms with van der Waals surface area (Å²) >= 11 is 7.01. The average Bonchev–Trinajstić information content (AvgIpc) is 2.98. The van der Waals surface area contributed by atoms with Gasteiger partial charge in [-0.05, 0) is 68.3 Å². The second kappa shape index (κ2) is 9.52. The summed E-state index contributed by atoms with van der Waals surface area (Å²) in [7, 11) is 0. The first-order valence-electron chi connectivity index (χ1n) is 8.66. The van der Waals surface area contributed by atoms with E-state index < -0.39 is 0 Å². The average molecular weight is 540 g/mol. The van der Waals surface area contributed by atoms with Gasteiger partial charge in [-0.2, -0.15) is 9.13 Å². The SMILES string of the molecule is Nc1n(COc2ccccc2Br)c2ccccc2[n+]1COc1ccccc1Br.[Cl-]. The van der Waals surface area contributed by atoms with Crippen molar-refractivity contribution in [2.45, 2.75) is 13.5 Å². The van der Waals surface area contributed by atoms with Crippen molar-refractivity contribution in [2.24, 2.45) is 0 Å². The zero-order chi connectivity index (χ0) is 19.5. The van der Waals surface area contributed by atoms with Crippen LogP contribution >= 0.6 is 31.9 Å². The first-order chi connectivity index (χ1) is 13.6. The molecule has 0 unspecified atom stereocenters. The number of imidazole rings is 1. The van der Waals surface area contributed by atoms with Gasteiger partial charge < -0.3 is 21.9 Å². The summed E-state index contributed by atoms with van der Waals surface area (Å²) in [6.45, 7) is 0.577. The van der Waals surface area contributed by atoms with Gasteiger partial charge >= 0.3 is 5.95 Å². The maximum atomic E-state index is 6.46. The van der Waals surface area contributed by atoms with Crippen molar-refractivity contribution in [1.82, 2.24) is 4.57 Å². The molecule has 8 heteroatoms. The number of rotatable bonds is 6. The van der Waals surface area contributed by atoms with Crippen LogP contribution in [-0.2, 0) is 13.5 Å². The van der Waals surface area contributed by atoms with Gasteiger partial charge in [0.15, 0.2) is 0 Å². The topological polar surface area (TPSA) is 53.3 Å². The van der Waals surface area contributed by atoms with E-state index in [0.29, 0.717) is 5.95 Å². The van der Waals surface area contributed by atoms with Gasteiger partial charge in [0.25, 0.3) is 0 Å². The maximum absolute atomic E-state index is 6.46. The third-order valence-corrected chi connectivity index (χ3v) is 5.70. The van der Waals surface area contributed by atoms with Crippen LogP contribution in [0.2, 0.25) is 0 Å². The number of hydrogen-bond acceptors (Lipinski definition) is 3. The third kappa shape index (κ3) is 4.52. The first-order valence-corrected chi connectivity index (χ1v) is 10.2. The summed E-state index contributed by atoms with van der Waals surface area (Å²) in [5.41, 5.74) is 8.41. The Morgan fingerprint density at radius 2 is 1.34 bits per heavy atom. The van der Waals surface area contributed by atoms with E-state index in [1.54, 1.807) is 0 Å². The third-order valence-electron chi connectivity index (χ3n) is 4.39. The van der Waals surface area contributed by atoms with Crippen molar-refractivity contribution in [1.29, 1.82) is 0 Å². The molecule has 3 aromatic carbocycles. The van der Waals surface area contributed by atoms with E-state index in [2.05, 4.69) is 31.9 Å². The van der Waals surface area contributed by atoms with E-state index in [1.807, 2.05) is 81.9 Å². The predicted octanol–water partition coefficient (Wildman–Crippen LogP) is 2.11. The Morgan fingerprint density at radius 3 is 2.00 bits per heavy atom. The van der Waals surface area contributed by atoms with E-state index in [-0.39, 0.29) is 25.9 Å². The summed E-state index contributed by atoms with van der Waals surface area (Å²) in [5, 5.41) is 0. The minimum atomic E-state index is 0. The second-order valence-electron chi connectivity index (χ2n) is 6.11. The summed E-state index contributed by atoms with van der Waals surface area (Å²) < 4.78 is 17.6. The molecule has 4 rings (SSSR count). The normalized spacial score (nSPS) is 10.6. The molecule has 0 aliphatic heterocycles. The molecule has 0 amide bonds. The molecule has 2 N–H and O–H groups in total. The van der Waals surface area contributed by atoms with E-state index in [1.165, 1.54) is 0 Å². The first kappa shape index (κ1) is 21.5. The number of fused-ring (bicyclic) bond motifs is 1. The molecule has 150 valence electrons. The lowest BCUT2D eigenvalue weighted by Gasteiger charge is -2.08. The lowest BCUT2D eigenvalue weighted by atomic mass is 10.3. The molecule has 29 heavy (non-hydrogen) atoms. The van der Waals surface area contributed by atoms with Crippen molar-refractivity contribution in [3.05, 3.63) is 81.7 Å². The summed E-state index contributed by atoms with van der Waals surface area (Å²) in [4.78, 5) is 0. The monoisotopic (exact) mass is 537 g/mol. The molecule has 0 aliphatic rings. The number of hydrogen-bond donors (Lipinski definition) is 1. The molecule has 5 nitrogen and oxygen atoms in total. The second-order valence-corrected chi connectivity index (χ2v) is 7.82. The maximum Gasteiger partial charge on any atom is 0.361 e. The molecular formula is C21H18Br2ClN3O2. The van der Waals surface area contributed by atoms with Crippen LogP contribution in [-0.4, -0.2) is 4.57 Å². The van der Waals surface area contributed by atoms with Crippen LogP contribution in [0.5, 0.6) is 11.5 Å². The van der Waals surface area contributed by atoms with E-state index in [0.717, 1.165) is 31.5 Å². The number of para-hydroxylation sites is 4. The largest absolute Gasteiger partial charge is 1.00 e. The van der Waals surface area contributed by atoms with Crippen LogP contribution in [0.1, 0.15) is 0 Å². The van der Waals surface area contributed by atoms with E-state index in [4.69, 9.17) is 15.2 Å². The fourth-order valence-electron chi connectivity index (χ4n) is 2.98. The molecular weight excluding hydrogens is 522 g/mol. The van der Waals surface area contributed by atoms with Crippen LogP contribution in [0.4, 0.5) is 5.95 Å². The molecule has 0 bridgehead atoms. The molecule has 0 saturated heterocycles. The fraction of sp³-hybridized carbons (Fsp3) is 0.0952. The fourth-order valence-corrected chi connectivity index (χ4v) is 3.77. The predicted molar refractivity (Wildman–Crippen MR) is 116 cm³/mol. The number of ether oxygens (including phenoxy) is 2. The molecule has 1 heterocycles. The van der Waals surface area contributed by atoms with Gasteiger partial charge in [0.1, 0.15) is 22.5 Å². The number of aromatic nitrogens is 2. The van der Waals surface area contributed by atoms with Gasteiger partial charge in [0.05, 0.1) is 8.95 Å². The Bertz CT molecular complexity index is 1050. The molecule has 0 atom stereocenters. The van der Waals surface area contributed by atoms with Gasteiger partial charge in [0.2, 0.25) is 13.5 Å². The highest BCUT2D eigenvalue weighted by molar-refractivity contribution is 9.10. The standard InChI is InChI=1S/C21H17Br2N3O2.ClH/c22-15-7-1-5-11-19(15)27-13-25-17-9-3-4-10-18(17)26(21(25)24)14-28-20-12-6-2-8-16(20)23;/h1-12,24H,13-14H2;1H. The van der Waals surface area contributed by atoms with Crippen LogP contribution < -0.4 is 32.2 Å². The van der Waals surface area contributed by atoms with Gasteiger partial charge in [-0.3, -0.25) is 5.73 Å². The molecule has 0 radical (unpaired) electrons. The van der Waals surface area contributed by atoms with Crippen LogP contribution in [0.15, 0.2) is 81.7 Å². The lowest BCUT2D eigenvalue weighted by Crippen LogP contribution is -3.00. The molecule has 1 aromatic heterocycles.